The summed E-state index contributed by atoms with van der Waals surface area (Å²) < 4.78 is 7.16. The van der Waals surface area contributed by atoms with E-state index in [0.717, 1.165) is 78.3 Å². The number of hydrogen-bond acceptors (Lipinski definition) is 4. The molecule has 2 aliphatic carbocycles. The maximum Gasteiger partial charge on any atom is 0.159 e. The van der Waals surface area contributed by atoms with Crippen LogP contribution in [0.25, 0.3) is 55.3 Å². The van der Waals surface area contributed by atoms with E-state index in [4.69, 9.17) is 4.42 Å². The Bertz CT molecular complexity index is 4230. The average molecular weight is 1000 g/mol. The molecule has 11 aromatic carbocycles. The van der Waals surface area contributed by atoms with Gasteiger partial charge in [0.2, 0.25) is 0 Å². The third-order valence-corrected chi connectivity index (χ3v) is 16.7. The number of fused-ring (bicyclic) bond motifs is 12. The number of para-hydroxylation sites is 4. The first-order valence-corrected chi connectivity index (χ1v) is 27.0. The molecule has 3 atom stereocenters. The summed E-state index contributed by atoms with van der Waals surface area (Å²) in [6.07, 6.45) is 9.43. The standard InChI is InChI=1S/C74H53N3O/c1-73-45-21-20-42-71(73)74(66-39-17-18-40-68(66)77(73)56-32-12-5-13-33-56)65-38-16-14-36-61(65)62-44-43-59(49-67(62)74)76(55-30-10-4-11-31-55)69-50-60(48-64-63-37-15-19-41-70(63)78-72(64)69)75(57-34-22-28-53(46-57)51-24-6-2-7-25-51)58-35-23-29-54(47-58)52-26-8-3-9-27-52/h2-50,71H,1H3. The molecule has 0 amide bonds. The minimum absolute atomic E-state index is 0.00481. The molecule has 0 bridgehead atoms. The van der Waals surface area contributed by atoms with E-state index in [1.54, 1.807) is 0 Å². The molecule has 1 aromatic heterocycles. The van der Waals surface area contributed by atoms with E-state index >= 15 is 0 Å². The van der Waals surface area contributed by atoms with Gasteiger partial charge in [-0.3, -0.25) is 0 Å². The van der Waals surface area contributed by atoms with Gasteiger partial charge in [-0.25, -0.2) is 0 Å². The zero-order valence-corrected chi connectivity index (χ0v) is 43.1. The molecular weight excluding hydrogens is 947 g/mol. The van der Waals surface area contributed by atoms with Crippen molar-refractivity contribution in [1.82, 2.24) is 0 Å². The molecule has 1 spiro atoms. The first-order chi connectivity index (χ1) is 38.6. The summed E-state index contributed by atoms with van der Waals surface area (Å²) in [4.78, 5) is 7.44. The molecule has 78 heavy (non-hydrogen) atoms. The number of furan rings is 1. The SMILES string of the molecule is CC12C=CC=CC1C1(c3ccccc3-c3ccc(N(c4ccccc4)c4cc(N(c5cccc(-c6ccccc6)c5)c5cccc(-c6ccccc6)c5)cc5c4oc4ccccc45)cc31)c1ccccc1N2c1ccccc1. The zero-order chi connectivity index (χ0) is 51.8. The highest BCUT2D eigenvalue weighted by Crippen LogP contribution is 2.66. The molecule has 0 fully saturated rings. The Morgan fingerprint density at radius 3 is 1.68 bits per heavy atom. The van der Waals surface area contributed by atoms with Gasteiger partial charge in [-0.2, -0.15) is 0 Å². The Labute approximate surface area is 455 Å². The van der Waals surface area contributed by atoms with Crippen molar-refractivity contribution < 1.29 is 4.42 Å². The van der Waals surface area contributed by atoms with Gasteiger partial charge >= 0.3 is 0 Å². The number of allylic oxidation sites excluding steroid dienone is 2. The van der Waals surface area contributed by atoms with Gasteiger partial charge in [0.15, 0.2) is 5.58 Å². The van der Waals surface area contributed by atoms with Crippen LogP contribution in [-0.4, -0.2) is 5.54 Å². The van der Waals surface area contributed by atoms with Crippen molar-refractivity contribution in [1.29, 1.82) is 0 Å². The van der Waals surface area contributed by atoms with Gasteiger partial charge in [0.05, 0.1) is 16.6 Å². The summed E-state index contributed by atoms with van der Waals surface area (Å²) in [6, 6.07) is 99.6. The Morgan fingerprint density at radius 1 is 0.397 bits per heavy atom. The van der Waals surface area contributed by atoms with Crippen LogP contribution in [0.2, 0.25) is 0 Å². The van der Waals surface area contributed by atoms with Crippen LogP contribution in [0.15, 0.2) is 302 Å². The molecule has 0 saturated carbocycles. The fraction of sp³-hybridized carbons (Fsp3) is 0.0541. The van der Waals surface area contributed by atoms with Gasteiger partial charge in [0.25, 0.3) is 0 Å². The predicted molar refractivity (Wildman–Crippen MR) is 324 cm³/mol. The van der Waals surface area contributed by atoms with Crippen LogP contribution < -0.4 is 14.7 Å². The molecule has 15 rings (SSSR count). The molecule has 0 radical (unpaired) electrons. The first-order valence-electron chi connectivity index (χ1n) is 27.0. The fourth-order valence-electron chi connectivity index (χ4n) is 13.5. The van der Waals surface area contributed by atoms with Crippen molar-refractivity contribution in [3.8, 4) is 33.4 Å². The Morgan fingerprint density at radius 2 is 0.962 bits per heavy atom. The summed E-state index contributed by atoms with van der Waals surface area (Å²) in [5.74, 6) is 0.00481. The van der Waals surface area contributed by atoms with E-state index in [0.29, 0.717) is 0 Å². The molecule has 1 aliphatic heterocycles. The smallest absolute Gasteiger partial charge is 0.159 e. The maximum atomic E-state index is 7.16. The van der Waals surface area contributed by atoms with Crippen molar-refractivity contribution in [2.75, 3.05) is 14.7 Å². The lowest BCUT2D eigenvalue weighted by atomic mass is 9.54. The molecule has 0 N–H and O–H groups in total. The van der Waals surface area contributed by atoms with Crippen molar-refractivity contribution in [2.45, 2.75) is 17.9 Å². The van der Waals surface area contributed by atoms with Crippen molar-refractivity contribution >= 4 is 67.4 Å². The highest BCUT2D eigenvalue weighted by molar-refractivity contribution is 6.12. The topological polar surface area (TPSA) is 22.9 Å². The van der Waals surface area contributed by atoms with Gasteiger partial charge in [-0.1, -0.05) is 212 Å². The van der Waals surface area contributed by atoms with Crippen LogP contribution >= 0.6 is 0 Å². The lowest BCUT2D eigenvalue weighted by molar-refractivity contribution is 0.303. The molecule has 4 heteroatoms. The molecule has 0 saturated heterocycles. The van der Waals surface area contributed by atoms with Gasteiger partial charge in [-0.15, -0.1) is 0 Å². The van der Waals surface area contributed by atoms with Gasteiger partial charge < -0.3 is 19.1 Å². The van der Waals surface area contributed by atoms with Crippen molar-refractivity contribution in [3.63, 3.8) is 0 Å². The van der Waals surface area contributed by atoms with Crippen LogP contribution in [0.1, 0.15) is 23.6 Å². The van der Waals surface area contributed by atoms with E-state index in [1.807, 2.05) is 0 Å². The Balaban J connectivity index is 1.000. The quantitative estimate of drug-likeness (QED) is 0.144. The number of hydrogen-bond donors (Lipinski definition) is 0. The van der Waals surface area contributed by atoms with Crippen LogP contribution in [0.5, 0.6) is 0 Å². The number of anilines is 8. The molecule has 12 aromatic rings. The fourth-order valence-corrected chi connectivity index (χ4v) is 13.5. The largest absolute Gasteiger partial charge is 0.454 e. The molecule has 3 unspecified atom stereocenters. The zero-order valence-electron chi connectivity index (χ0n) is 43.1. The third kappa shape index (κ3) is 7.00. The monoisotopic (exact) mass is 999 g/mol. The summed E-state index contributed by atoms with van der Waals surface area (Å²) in [5, 5.41) is 2.09. The Hall–Kier alpha value is -9.90. The predicted octanol–water partition coefficient (Wildman–Crippen LogP) is 19.8. The summed E-state index contributed by atoms with van der Waals surface area (Å²) >= 11 is 0. The van der Waals surface area contributed by atoms with Crippen LogP contribution in [0.4, 0.5) is 45.5 Å². The summed E-state index contributed by atoms with van der Waals surface area (Å²) in [5.41, 5.74) is 20.1. The minimum Gasteiger partial charge on any atom is -0.454 e. The highest BCUT2D eigenvalue weighted by atomic mass is 16.3. The van der Waals surface area contributed by atoms with Gasteiger partial charge in [0.1, 0.15) is 5.58 Å². The van der Waals surface area contributed by atoms with E-state index in [1.165, 1.54) is 39.2 Å². The maximum absolute atomic E-state index is 7.16. The molecule has 4 nitrogen and oxygen atoms in total. The van der Waals surface area contributed by atoms with Crippen LogP contribution in [-0.2, 0) is 5.41 Å². The second-order valence-corrected chi connectivity index (χ2v) is 21.0. The molecule has 2 heterocycles. The number of benzene rings is 11. The van der Waals surface area contributed by atoms with Crippen molar-refractivity contribution in [2.24, 2.45) is 5.92 Å². The van der Waals surface area contributed by atoms with Gasteiger partial charge in [-0.05, 0) is 142 Å². The van der Waals surface area contributed by atoms with E-state index < -0.39 is 11.0 Å². The normalized spacial score (nSPS) is 17.7. The summed E-state index contributed by atoms with van der Waals surface area (Å²) in [6.45, 7) is 2.43. The summed E-state index contributed by atoms with van der Waals surface area (Å²) in [7, 11) is 0. The molecule has 3 aliphatic rings. The number of nitrogens with zero attached hydrogens (tertiary/aromatic N) is 3. The Kier molecular flexibility index (Phi) is 10.6. The van der Waals surface area contributed by atoms with Crippen molar-refractivity contribution in [3.05, 3.63) is 314 Å². The highest BCUT2D eigenvalue weighted by Gasteiger charge is 2.61. The minimum atomic E-state index is -0.566. The second kappa shape index (κ2) is 18.1. The lowest BCUT2D eigenvalue weighted by Gasteiger charge is -2.58. The second-order valence-electron chi connectivity index (χ2n) is 21.0. The molecular formula is C74H53N3O. The van der Waals surface area contributed by atoms with E-state index in [9.17, 15) is 0 Å². The first kappa shape index (κ1) is 45.5. The van der Waals surface area contributed by atoms with E-state index in [-0.39, 0.29) is 5.92 Å². The lowest BCUT2D eigenvalue weighted by Crippen LogP contribution is -2.60. The molecule has 370 valence electrons. The van der Waals surface area contributed by atoms with E-state index in [2.05, 4.69) is 319 Å². The van der Waals surface area contributed by atoms with Crippen LogP contribution in [0, 0.1) is 5.92 Å². The van der Waals surface area contributed by atoms with Gasteiger partial charge in [0, 0.05) is 56.5 Å². The average Bonchev–Trinajstić information content (AvgIpc) is 3.81. The third-order valence-electron chi connectivity index (χ3n) is 16.7. The number of rotatable bonds is 9. The van der Waals surface area contributed by atoms with Crippen LogP contribution in [0.3, 0.4) is 0 Å².